The highest BCUT2D eigenvalue weighted by Gasteiger charge is 2.22. The van der Waals surface area contributed by atoms with E-state index in [1.54, 1.807) is 18.5 Å². The molecule has 0 unspecified atom stereocenters. The van der Waals surface area contributed by atoms with Crippen LogP contribution in [0.4, 0.5) is 10.1 Å². The molecular weight excluding hydrogens is 387 g/mol. The van der Waals surface area contributed by atoms with Gasteiger partial charge in [0, 0.05) is 13.1 Å². The molecule has 0 aliphatic rings. The van der Waals surface area contributed by atoms with Crippen molar-refractivity contribution in [3.05, 3.63) is 75.9 Å². The molecule has 0 aliphatic carbocycles. The molecule has 28 heavy (non-hydrogen) atoms. The van der Waals surface area contributed by atoms with Crippen LogP contribution in [0.2, 0.25) is 0 Å². The summed E-state index contributed by atoms with van der Waals surface area (Å²) in [5.41, 5.74) is 0.415. The third kappa shape index (κ3) is 4.34. The number of nitro benzene ring substituents is 1. The fourth-order valence-corrected chi connectivity index (χ4v) is 3.22. The van der Waals surface area contributed by atoms with Gasteiger partial charge in [-0.1, -0.05) is 12.1 Å². The van der Waals surface area contributed by atoms with Crippen LogP contribution >= 0.6 is 11.8 Å². The largest absolute Gasteiger partial charge is 0.454 e. The highest BCUT2D eigenvalue weighted by atomic mass is 32.2. The molecule has 0 fully saturated rings. The molecule has 0 aliphatic heterocycles. The Morgan fingerprint density at radius 3 is 2.61 bits per heavy atom. The van der Waals surface area contributed by atoms with Crippen molar-refractivity contribution in [1.82, 2.24) is 14.8 Å². The standard InChI is InChI=1S/C18H15FN4O4S/c1-11(12-3-6-14(19)7-4-12)27-17(24)13-5-8-16(15(9-13)23(25)26)28-18-21-20-10-22(18)2/h3-11H,1-2H3/t11-/m1/s1. The first kappa shape index (κ1) is 19.5. The third-order valence-corrected chi connectivity index (χ3v) is 5.00. The van der Waals surface area contributed by atoms with Gasteiger partial charge in [-0.25, -0.2) is 9.18 Å². The fourth-order valence-electron chi connectivity index (χ4n) is 2.37. The molecule has 3 rings (SSSR count). The van der Waals surface area contributed by atoms with Gasteiger partial charge in [0.1, 0.15) is 18.2 Å². The summed E-state index contributed by atoms with van der Waals surface area (Å²) in [4.78, 5) is 23.6. The Labute approximate surface area is 163 Å². The summed E-state index contributed by atoms with van der Waals surface area (Å²) < 4.78 is 20.0. The van der Waals surface area contributed by atoms with E-state index in [4.69, 9.17) is 4.74 Å². The van der Waals surface area contributed by atoms with Crippen molar-refractivity contribution in [2.24, 2.45) is 7.05 Å². The Hall–Kier alpha value is -3.27. The number of carbonyl (C=O) groups is 1. The normalized spacial score (nSPS) is 11.8. The van der Waals surface area contributed by atoms with Crippen LogP contribution in [0.15, 0.2) is 58.8 Å². The lowest BCUT2D eigenvalue weighted by molar-refractivity contribution is -0.387. The Balaban J connectivity index is 1.80. The van der Waals surface area contributed by atoms with E-state index >= 15 is 0 Å². The number of benzene rings is 2. The zero-order chi connectivity index (χ0) is 20.3. The van der Waals surface area contributed by atoms with Gasteiger partial charge >= 0.3 is 5.97 Å². The number of aromatic nitrogens is 3. The van der Waals surface area contributed by atoms with Gasteiger partial charge in [0.25, 0.3) is 5.69 Å². The molecule has 0 saturated carbocycles. The zero-order valence-electron chi connectivity index (χ0n) is 14.9. The number of esters is 1. The molecule has 1 heterocycles. The first-order valence-corrected chi connectivity index (χ1v) is 8.93. The van der Waals surface area contributed by atoms with Gasteiger partial charge in [-0.2, -0.15) is 0 Å². The number of ether oxygens (including phenoxy) is 1. The van der Waals surface area contributed by atoms with Crippen molar-refractivity contribution >= 4 is 23.4 Å². The van der Waals surface area contributed by atoms with E-state index in [1.165, 1.54) is 48.8 Å². The number of carbonyl (C=O) groups excluding carboxylic acids is 1. The van der Waals surface area contributed by atoms with Gasteiger partial charge in [-0.3, -0.25) is 10.1 Å². The number of nitrogens with zero attached hydrogens (tertiary/aromatic N) is 4. The monoisotopic (exact) mass is 402 g/mol. The molecule has 0 radical (unpaired) electrons. The van der Waals surface area contributed by atoms with E-state index in [9.17, 15) is 19.3 Å². The Morgan fingerprint density at radius 1 is 1.29 bits per heavy atom. The molecule has 2 aromatic carbocycles. The van der Waals surface area contributed by atoms with E-state index in [-0.39, 0.29) is 11.3 Å². The predicted octanol–water partition coefficient (Wildman–Crippen LogP) is 3.93. The second kappa shape index (κ2) is 8.17. The number of rotatable bonds is 6. The van der Waals surface area contributed by atoms with Crippen LogP contribution in [0.25, 0.3) is 0 Å². The number of halogens is 1. The van der Waals surface area contributed by atoms with Crippen molar-refractivity contribution in [3.63, 3.8) is 0 Å². The maximum absolute atomic E-state index is 13.0. The summed E-state index contributed by atoms with van der Waals surface area (Å²) in [6, 6.07) is 9.64. The fraction of sp³-hybridized carbons (Fsp3) is 0.167. The molecule has 144 valence electrons. The minimum absolute atomic E-state index is 0.0444. The van der Waals surface area contributed by atoms with Crippen molar-refractivity contribution in [2.75, 3.05) is 0 Å². The summed E-state index contributed by atoms with van der Waals surface area (Å²) in [5.74, 6) is -1.11. The van der Waals surface area contributed by atoms with Gasteiger partial charge in [-0.15, -0.1) is 10.2 Å². The van der Waals surface area contributed by atoms with Crippen LogP contribution < -0.4 is 0 Å². The van der Waals surface area contributed by atoms with Crippen LogP contribution in [0, 0.1) is 15.9 Å². The van der Waals surface area contributed by atoms with Crippen molar-refractivity contribution in [1.29, 1.82) is 0 Å². The summed E-state index contributed by atoms with van der Waals surface area (Å²) in [6.45, 7) is 1.64. The van der Waals surface area contributed by atoms with Crippen molar-refractivity contribution in [2.45, 2.75) is 23.1 Å². The van der Waals surface area contributed by atoms with E-state index in [1.807, 2.05) is 0 Å². The smallest absolute Gasteiger partial charge is 0.338 e. The van der Waals surface area contributed by atoms with Gasteiger partial charge in [0.2, 0.25) is 0 Å². The minimum atomic E-state index is -0.713. The van der Waals surface area contributed by atoms with Crippen LogP contribution in [0.1, 0.15) is 28.9 Å². The second-order valence-electron chi connectivity index (χ2n) is 5.87. The number of hydrogen-bond acceptors (Lipinski definition) is 7. The molecule has 3 aromatic rings. The van der Waals surface area contributed by atoms with Gasteiger partial charge in [0.05, 0.1) is 15.4 Å². The molecule has 8 nitrogen and oxygen atoms in total. The highest BCUT2D eigenvalue weighted by Crippen LogP contribution is 2.34. The van der Waals surface area contributed by atoms with E-state index in [0.29, 0.717) is 15.6 Å². The van der Waals surface area contributed by atoms with Crippen LogP contribution in [0.3, 0.4) is 0 Å². The average Bonchev–Trinajstić information content (AvgIpc) is 3.07. The molecule has 1 atom stereocenters. The van der Waals surface area contributed by atoms with E-state index < -0.39 is 22.8 Å². The Morgan fingerprint density at radius 2 is 2.00 bits per heavy atom. The van der Waals surface area contributed by atoms with Crippen LogP contribution in [-0.4, -0.2) is 25.7 Å². The SMILES string of the molecule is C[C@@H](OC(=O)c1ccc(Sc2nncn2C)c([N+](=O)[O-])c1)c1ccc(F)cc1. The summed E-state index contributed by atoms with van der Waals surface area (Å²) in [6.07, 6.45) is 0.844. The van der Waals surface area contributed by atoms with Crippen molar-refractivity contribution < 1.29 is 18.8 Å². The first-order valence-electron chi connectivity index (χ1n) is 8.12. The lowest BCUT2D eigenvalue weighted by Gasteiger charge is -2.14. The molecule has 0 bridgehead atoms. The molecule has 0 saturated heterocycles. The predicted molar refractivity (Wildman–Crippen MR) is 98.5 cm³/mol. The quantitative estimate of drug-likeness (QED) is 0.350. The summed E-state index contributed by atoms with van der Waals surface area (Å²) >= 11 is 1.07. The third-order valence-electron chi connectivity index (χ3n) is 3.89. The molecular formula is C18H15FN4O4S. The Bertz CT molecular complexity index is 1020. The highest BCUT2D eigenvalue weighted by molar-refractivity contribution is 7.99. The summed E-state index contributed by atoms with van der Waals surface area (Å²) in [5, 5.41) is 19.5. The topological polar surface area (TPSA) is 100 Å². The maximum atomic E-state index is 13.0. The molecule has 0 N–H and O–H groups in total. The number of aryl methyl sites for hydroxylation is 1. The second-order valence-corrected chi connectivity index (χ2v) is 6.87. The lowest BCUT2D eigenvalue weighted by Crippen LogP contribution is -2.10. The first-order chi connectivity index (χ1) is 13.3. The molecule has 10 heteroatoms. The van der Waals surface area contributed by atoms with E-state index in [2.05, 4.69) is 10.2 Å². The maximum Gasteiger partial charge on any atom is 0.338 e. The molecule has 0 amide bonds. The summed E-state index contributed by atoms with van der Waals surface area (Å²) in [7, 11) is 1.72. The van der Waals surface area contributed by atoms with Crippen LogP contribution in [-0.2, 0) is 11.8 Å². The Kier molecular flexibility index (Phi) is 5.69. The van der Waals surface area contributed by atoms with Gasteiger partial charge in [0.15, 0.2) is 5.16 Å². The average molecular weight is 402 g/mol. The molecule has 0 spiro atoms. The van der Waals surface area contributed by atoms with Gasteiger partial charge < -0.3 is 9.30 Å². The number of hydrogen-bond donors (Lipinski definition) is 0. The van der Waals surface area contributed by atoms with Crippen molar-refractivity contribution in [3.8, 4) is 0 Å². The van der Waals surface area contributed by atoms with E-state index in [0.717, 1.165) is 11.8 Å². The number of nitro groups is 1. The molecule has 1 aromatic heterocycles. The lowest BCUT2D eigenvalue weighted by atomic mass is 10.1. The van der Waals surface area contributed by atoms with Crippen LogP contribution in [0.5, 0.6) is 0 Å². The zero-order valence-corrected chi connectivity index (χ0v) is 15.7. The minimum Gasteiger partial charge on any atom is -0.454 e. The van der Waals surface area contributed by atoms with Gasteiger partial charge in [-0.05, 0) is 48.5 Å².